The van der Waals surface area contributed by atoms with Gasteiger partial charge in [0.15, 0.2) is 6.61 Å². The van der Waals surface area contributed by atoms with E-state index in [0.717, 1.165) is 54.0 Å². The van der Waals surface area contributed by atoms with Crippen molar-refractivity contribution in [2.45, 2.75) is 46.2 Å². The zero-order valence-electron chi connectivity index (χ0n) is 20.7. The van der Waals surface area contributed by atoms with Crippen LogP contribution in [0.3, 0.4) is 0 Å². The number of halogens is 3. The Bertz CT molecular complexity index is 1160. The molecule has 0 saturated carbocycles. The van der Waals surface area contributed by atoms with E-state index in [0.29, 0.717) is 30.2 Å². The van der Waals surface area contributed by atoms with E-state index in [-0.39, 0.29) is 6.61 Å². The van der Waals surface area contributed by atoms with Crippen molar-refractivity contribution in [3.8, 4) is 22.8 Å². The standard InChI is InChI=1S/C28H30F3NO4/c1-4-34-27(33)18-36-26-15-13-24(17-19(26)2)35-16-6-5-7-21-10-14-25(32-20(21)3)22-8-11-23(12-9-22)28(29,30)31/h8-15,17H,4-7,16,18H2,1-3H3. The molecule has 0 amide bonds. The molecule has 5 nitrogen and oxygen atoms in total. The Labute approximate surface area is 209 Å². The minimum Gasteiger partial charge on any atom is -0.494 e. The number of rotatable bonds is 11. The Morgan fingerprint density at radius 3 is 2.33 bits per heavy atom. The summed E-state index contributed by atoms with van der Waals surface area (Å²) in [6, 6.07) is 14.3. The van der Waals surface area contributed by atoms with Crippen molar-refractivity contribution in [2.75, 3.05) is 19.8 Å². The lowest BCUT2D eigenvalue weighted by molar-refractivity contribution is -0.145. The minimum absolute atomic E-state index is 0.130. The molecule has 3 aromatic rings. The van der Waals surface area contributed by atoms with Gasteiger partial charge in [-0.15, -0.1) is 0 Å². The van der Waals surface area contributed by atoms with Crippen molar-refractivity contribution >= 4 is 5.97 Å². The molecular formula is C28H30F3NO4. The summed E-state index contributed by atoms with van der Waals surface area (Å²) in [6.07, 6.45) is -1.77. The van der Waals surface area contributed by atoms with Crippen LogP contribution >= 0.6 is 0 Å². The highest BCUT2D eigenvalue weighted by molar-refractivity contribution is 5.71. The number of ether oxygens (including phenoxy) is 3. The molecule has 0 N–H and O–H groups in total. The molecular weight excluding hydrogens is 471 g/mol. The number of esters is 1. The molecule has 36 heavy (non-hydrogen) atoms. The first-order valence-electron chi connectivity index (χ1n) is 11.8. The van der Waals surface area contributed by atoms with Gasteiger partial charge in [0.25, 0.3) is 0 Å². The Kier molecular flexibility index (Phi) is 9.33. The van der Waals surface area contributed by atoms with E-state index in [9.17, 15) is 18.0 Å². The maximum Gasteiger partial charge on any atom is 0.416 e. The predicted octanol–water partition coefficient (Wildman–Crippen LogP) is 6.73. The molecule has 1 heterocycles. The van der Waals surface area contributed by atoms with Gasteiger partial charge in [-0.1, -0.05) is 18.2 Å². The monoisotopic (exact) mass is 501 g/mol. The molecule has 0 saturated heterocycles. The molecule has 0 atom stereocenters. The highest BCUT2D eigenvalue weighted by atomic mass is 19.4. The molecule has 3 rings (SSSR count). The van der Waals surface area contributed by atoms with Gasteiger partial charge < -0.3 is 14.2 Å². The van der Waals surface area contributed by atoms with Crippen LogP contribution in [0.4, 0.5) is 13.2 Å². The summed E-state index contributed by atoms with van der Waals surface area (Å²) in [5.74, 6) is 0.935. The normalized spacial score (nSPS) is 11.3. The maximum atomic E-state index is 12.8. The number of aromatic nitrogens is 1. The van der Waals surface area contributed by atoms with Gasteiger partial charge in [-0.2, -0.15) is 13.2 Å². The van der Waals surface area contributed by atoms with E-state index in [1.54, 1.807) is 13.0 Å². The molecule has 2 aromatic carbocycles. The van der Waals surface area contributed by atoms with E-state index in [1.807, 2.05) is 38.1 Å². The quantitative estimate of drug-likeness (QED) is 0.215. The number of nitrogens with zero attached hydrogens (tertiary/aromatic N) is 1. The summed E-state index contributed by atoms with van der Waals surface area (Å²) in [5, 5.41) is 0. The fraction of sp³-hybridized carbons (Fsp3) is 0.357. The Hall–Kier alpha value is -3.55. The van der Waals surface area contributed by atoms with Crippen LogP contribution in [0.1, 0.15) is 42.1 Å². The number of unbranched alkanes of at least 4 members (excludes halogenated alkanes) is 1. The topological polar surface area (TPSA) is 57.7 Å². The van der Waals surface area contributed by atoms with Gasteiger partial charge in [-0.05, 0) is 87.6 Å². The molecule has 0 aliphatic rings. The second-order valence-corrected chi connectivity index (χ2v) is 8.34. The smallest absolute Gasteiger partial charge is 0.416 e. The largest absolute Gasteiger partial charge is 0.494 e. The zero-order chi connectivity index (χ0) is 26.1. The second-order valence-electron chi connectivity index (χ2n) is 8.34. The first-order valence-corrected chi connectivity index (χ1v) is 11.8. The number of alkyl halides is 3. The number of benzene rings is 2. The molecule has 0 bridgehead atoms. The highest BCUT2D eigenvalue weighted by Gasteiger charge is 2.30. The molecule has 0 aliphatic carbocycles. The van der Waals surface area contributed by atoms with Crippen molar-refractivity contribution in [3.63, 3.8) is 0 Å². The number of carbonyl (C=O) groups excluding carboxylic acids is 1. The average Bonchev–Trinajstić information content (AvgIpc) is 2.84. The second kappa shape index (κ2) is 12.4. The van der Waals surface area contributed by atoms with Gasteiger partial charge in [-0.25, -0.2) is 4.79 Å². The van der Waals surface area contributed by atoms with Crippen LogP contribution in [0.5, 0.6) is 11.5 Å². The molecule has 1 aromatic heterocycles. The van der Waals surface area contributed by atoms with Crippen molar-refractivity contribution in [3.05, 3.63) is 77.0 Å². The van der Waals surface area contributed by atoms with Crippen molar-refractivity contribution < 1.29 is 32.2 Å². The first-order chi connectivity index (χ1) is 17.2. The lowest BCUT2D eigenvalue weighted by Crippen LogP contribution is -2.14. The van der Waals surface area contributed by atoms with Crippen molar-refractivity contribution in [1.29, 1.82) is 0 Å². The van der Waals surface area contributed by atoms with Gasteiger partial charge in [0.05, 0.1) is 24.5 Å². The third-order valence-electron chi connectivity index (χ3n) is 5.61. The summed E-state index contributed by atoms with van der Waals surface area (Å²) in [7, 11) is 0. The molecule has 8 heteroatoms. The van der Waals surface area contributed by atoms with Gasteiger partial charge in [0.1, 0.15) is 11.5 Å². The first kappa shape index (κ1) is 27.0. The molecule has 0 radical (unpaired) electrons. The third kappa shape index (κ3) is 7.73. The van der Waals surface area contributed by atoms with Crippen molar-refractivity contribution in [1.82, 2.24) is 4.98 Å². The van der Waals surface area contributed by atoms with Gasteiger partial charge in [-0.3, -0.25) is 4.98 Å². The fourth-order valence-corrected chi connectivity index (χ4v) is 3.67. The van der Waals surface area contributed by atoms with Crippen molar-refractivity contribution in [2.24, 2.45) is 0 Å². The Morgan fingerprint density at radius 1 is 0.944 bits per heavy atom. The van der Waals surface area contributed by atoms with Crippen LogP contribution in [0.25, 0.3) is 11.3 Å². The Balaban J connectivity index is 1.45. The van der Waals surface area contributed by atoms with Gasteiger partial charge in [0, 0.05) is 11.3 Å². The highest BCUT2D eigenvalue weighted by Crippen LogP contribution is 2.31. The van der Waals surface area contributed by atoms with Gasteiger partial charge in [0.2, 0.25) is 0 Å². The number of hydrogen-bond acceptors (Lipinski definition) is 5. The predicted molar refractivity (Wildman–Crippen MR) is 131 cm³/mol. The maximum absolute atomic E-state index is 12.8. The van der Waals surface area contributed by atoms with Gasteiger partial charge >= 0.3 is 12.1 Å². The summed E-state index contributed by atoms with van der Waals surface area (Å²) in [4.78, 5) is 16.0. The van der Waals surface area contributed by atoms with E-state index in [2.05, 4.69) is 4.98 Å². The lowest BCUT2D eigenvalue weighted by atomic mass is 10.0. The van der Waals surface area contributed by atoms with Crippen LogP contribution < -0.4 is 9.47 Å². The number of pyridine rings is 1. The zero-order valence-corrected chi connectivity index (χ0v) is 20.7. The number of hydrogen-bond donors (Lipinski definition) is 0. The summed E-state index contributed by atoms with van der Waals surface area (Å²) in [6.45, 7) is 6.28. The molecule has 192 valence electrons. The average molecular weight is 502 g/mol. The van der Waals surface area contributed by atoms with E-state index in [1.165, 1.54) is 12.1 Å². The van der Waals surface area contributed by atoms with Crippen LogP contribution in [0.2, 0.25) is 0 Å². The summed E-state index contributed by atoms with van der Waals surface area (Å²) >= 11 is 0. The third-order valence-corrected chi connectivity index (χ3v) is 5.61. The SMILES string of the molecule is CCOC(=O)COc1ccc(OCCCCc2ccc(-c3ccc(C(F)(F)F)cc3)nc2C)cc1C. The molecule has 0 aliphatic heterocycles. The van der Waals surface area contributed by atoms with E-state index < -0.39 is 17.7 Å². The minimum atomic E-state index is -4.35. The summed E-state index contributed by atoms with van der Waals surface area (Å²) in [5.41, 5.74) is 3.46. The van der Waals surface area contributed by atoms with Crippen LogP contribution in [0.15, 0.2) is 54.6 Å². The lowest BCUT2D eigenvalue weighted by Gasteiger charge is -2.12. The van der Waals surface area contributed by atoms with E-state index >= 15 is 0 Å². The van der Waals surface area contributed by atoms with Crippen LogP contribution in [0, 0.1) is 13.8 Å². The molecule has 0 spiro atoms. The summed E-state index contributed by atoms with van der Waals surface area (Å²) < 4.78 is 54.5. The Morgan fingerprint density at radius 2 is 1.69 bits per heavy atom. The van der Waals surface area contributed by atoms with E-state index in [4.69, 9.17) is 14.2 Å². The van der Waals surface area contributed by atoms with Crippen LogP contribution in [-0.4, -0.2) is 30.8 Å². The molecule has 0 unspecified atom stereocenters. The number of carbonyl (C=O) groups is 1. The fourth-order valence-electron chi connectivity index (χ4n) is 3.67. The molecule has 0 fully saturated rings. The van der Waals surface area contributed by atoms with Crippen LogP contribution in [-0.2, 0) is 22.1 Å². The number of aryl methyl sites for hydroxylation is 3.